The minimum absolute atomic E-state index is 0.0106. The van der Waals surface area contributed by atoms with Crippen LogP contribution in [0.25, 0.3) is 6.08 Å². The van der Waals surface area contributed by atoms with Crippen LogP contribution < -0.4 is 4.74 Å². The molecule has 1 aliphatic rings. The number of hydrogen-bond donors (Lipinski definition) is 0. The van der Waals surface area contributed by atoms with Gasteiger partial charge in [0.1, 0.15) is 5.75 Å². The van der Waals surface area contributed by atoms with Crippen molar-refractivity contribution in [1.82, 2.24) is 0 Å². The highest BCUT2D eigenvalue weighted by molar-refractivity contribution is 6.13. The zero-order valence-corrected chi connectivity index (χ0v) is 12.6. The van der Waals surface area contributed by atoms with Crippen molar-refractivity contribution in [2.24, 2.45) is 0 Å². The number of methoxy groups -OCH3 is 1. The number of ketones is 1. The van der Waals surface area contributed by atoms with Gasteiger partial charge < -0.3 is 4.74 Å². The first-order valence-electron chi connectivity index (χ1n) is 7.26. The predicted octanol–water partition coefficient (Wildman–Crippen LogP) is 3.82. The number of rotatable bonds is 3. The zero-order valence-electron chi connectivity index (χ0n) is 12.6. The van der Waals surface area contributed by atoms with Crippen LogP contribution >= 0.6 is 0 Å². The lowest BCUT2D eigenvalue weighted by Gasteiger charge is -2.19. The van der Waals surface area contributed by atoms with Gasteiger partial charge in [-0.1, -0.05) is 12.1 Å². The number of carbonyl (C=O) groups excluding carboxylic acids is 1. The molecule has 0 atom stereocenters. The highest BCUT2D eigenvalue weighted by Crippen LogP contribution is 2.32. The molecular weight excluding hydrogens is 294 g/mol. The first kappa shape index (κ1) is 15.0. The van der Waals surface area contributed by atoms with E-state index in [9.17, 15) is 14.9 Å². The maximum Gasteiger partial charge on any atom is 0.269 e. The van der Waals surface area contributed by atoms with Gasteiger partial charge in [0, 0.05) is 28.8 Å². The van der Waals surface area contributed by atoms with Crippen molar-refractivity contribution < 1.29 is 14.5 Å². The molecule has 0 N–H and O–H groups in total. The fourth-order valence-corrected chi connectivity index (χ4v) is 2.80. The normalized spacial score (nSPS) is 15.3. The van der Waals surface area contributed by atoms with Crippen molar-refractivity contribution in [3.05, 3.63) is 74.8 Å². The Kier molecular flexibility index (Phi) is 3.93. The highest BCUT2D eigenvalue weighted by atomic mass is 16.6. The predicted molar refractivity (Wildman–Crippen MR) is 86.7 cm³/mol. The Bertz CT molecular complexity index is 806. The Morgan fingerprint density at radius 2 is 1.87 bits per heavy atom. The third-order valence-corrected chi connectivity index (χ3v) is 3.98. The molecule has 5 heteroatoms. The average Bonchev–Trinajstić information content (AvgIpc) is 2.57. The summed E-state index contributed by atoms with van der Waals surface area (Å²) >= 11 is 0. The average molecular weight is 309 g/mol. The minimum atomic E-state index is -0.439. The summed E-state index contributed by atoms with van der Waals surface area (Å²) < 4.78 is 5.31. The topological polar surface area (TPSA) is 69.4 Å². The van der Waals surface area contributed by atoms with Gasteiger partial charge in [-0.15, -0.1) is 0 Å². The van der Waals surface area contributed by atoms with Gasteiger partial charge in [0.2, 0.25) is 0 Å². The van der Waals surface area contributed by atoms with Crippen LogP contribution in [0.1, 0.15) is 27.9 Å². The summed E-state index contributed by atoms with van der Waals surface area (Å²) in [4.78, 5) is 22.9. The summed E-state index contributed by atoms with van der Waals surface area (Å²) in [6.45, 7) is 0. The van der Waals surface area contributed by atoms with Crippen molar-refractivity contribution in [1.29, 1.82) is 0 Å². The van der Waals surface area contributed by atoms with E-state index < -0.39 is 4.92 Å². The lowest BCUT2D eigenvalue weighted by molar-refractivity contribution is -0.384. The molecule has 0 aromatic heterocycles. The summed E-state index contributed by atoms with van der Waals surface area (Å²) in [5.41, 5.74) is 3.15. The lowest BCUT2D eigenvalue weighted by Crippen LogP contribution is -2.15. The van der Waals surface area contributed by atoms with Crippen LogP contribution in [0, 0.1) is 10.1 Å². The van der Waals surface area contributed by atoms with E-state index in [2.05, 4.69) is 0 Å². The van der Waals surface area contributed by atoms with Gasteiger partial charge in [0.25, 0.3) is 5.69 Å². The third-order valence-electron chi connectivity index (χ3n) is 3.98. The lowest BCUT2D eigenvalue weighted by atomic mass is 9.85. The second kappa shape index (κ2) is 6.04. The van der Waals surface area contributed by atoms with Crippen molar-refractivity contribution in [2.75, 3.05) is 7.11 Å². The zero-order chi connectivity index (χ0) is 16.4. The van der Waals surface area contributed by atoms with Crippen molar-refractivity contribution in [2.45, 2.75) is 12.8 Å². The van der Waals surface area contributed by atoms with Gasteiger partial charge in [0.15, 0.2) is 5.78 Å². The molecule has 0 spiro atoms. The number of allylic oxidation sites excluding steroid dienone is 1. The Labute approximate surface area is 133 Å². The van der Waals surface area contributed by atoms with Crippen LogP contribution in [-0.4, -0.2) is 17.8 Å². The molecular formula is C18H15NO4. The maximum absolute atomic E-state index is 12.6. The smallest absolute Gasteiger partial charge is 0.269 e. The number of nitro benzene ring substituents is 1. The number of hydrogen-bond acceptors (Lipinski definition) is 4. The van der Waals surface area contributed by atoms with Crippen molar-refractivity contribution in [3.8, 4) is 5.75 Å². The Hall–Kier alpha value is -2.95. The molecule has 0 bridgehead atoms. The fourth-order valence-electron chi connectivity index (χ4n) is 2.80. The molecule has 0 saturated carbocycles. The van der Waals surface area contributed by atoms with Gasteiger partial charge in [-0.05, 0) is 42.7 Å². The molecule has 23 heavy (non-hydrogen) atoms. The van der Waals surface area contributed by atoms with Crippen LogP contribution in [-0.2, 0) is 6.42 Å². The molecule has 0 unspecified atom stereocenters. The number of benzene rings is 2. The molecule has 116 valence electrons. The van der Waals surface area contributed by atoms with E-state index in [0.717, 1.165) is 23.3 Å². The Balaban J connectivity index is 1.92. The van der Waals surface area contributed by atoms with E-state index >= 15 is 0 Å². The van der Waals surface area contributed by atoms with E-state index in [1.54, 1.807) is 25.3 Å². The number of carbonyl (C=O) groups is 1. The van der Waals surface area contributed by atoms with Crippen molar-refractivity contribution in [3.63, 3.8) is 0 Å². The molecule has 2 aromatic rings. The molecule has 1 aliphatic carbocycles. The molecule has 0 heterocycles. The second-order valence-electron chi connectivity index (χ2n) is 5.33. The second-order valence-corrected chi connectivity index (χ2v) is 5.33. The van der Waals surface area contributed by atoms with E-state index in [4.69, 9.17) is 4.74 Å². The number of nitrogens with zero attached hydrogens (tertiary/aromatic N) is 1. The fraction of sp³-hybridized carbons (Fsp3) is 0.167. The monoisotopic (exact) mass is 309 g/mol. The van der Waals surface area contributed by atoms with Crippen LogP contribution in [0.4, 0.5) is 5.69 Å². The van der Waals surface area contributed by atoms with Crippen molar-refractivity contribution >= 4 is 17.5 Å². The van der Waals surface area contributed by atoms with E-state index in [-0.39, 0.29) is 11.5 Å². The number of Topliss-reactive ketones (excluding diaryl/α,β-unsaturated/α-hetero) is 1. The Morgan fingerprint density at radius 1 is 1.13 bits per heavy atom. The van der Waals surface area contributed by atoms with Crippen LogP contribution in [0.3, 0.4) is 0 Å². The summed E-state index contributed by atoms with van der Waals surface area (Å²) in [7, 11) is 1.60. The van der Waals surface area contributed by atoms with Gasteiger partial charge in [-0.25, -0.2) is 0 Å². The molecule has 0 radical (unpaired) electrons. The molecule has 0 fully saturated rings. The number of non-ortho nitro benzene ring substituents is 1. The quantitative estimate of drug-likeness (QED) is 0.491. The van der Waals surface area contributed by atoms with E-state index in [0.29, 0.717) is 17.6 Å². The standard InChI is InChI=1S/C18H15NO4/c1-23-17-4-2-3-16-15(17)10-7-13(18(16)20)11-12-5-8-14(9-6-12)19(21)22/h2-6,8-9,11H,7,10H2,1H3/b13-11+. The molecule has 0 aliphatic heterocycles. The van der Waals surface area contributed by atoms with Crippen LogP contribution in [0.5, 0.6) is 5.75 Å². The number of fused-ring (bicyclic) bond motifs is 1. The van der Waals surface area contributed by atoms with E-state index in [1.807, 2.05) is 18.2 Å². The summed E-state index contributed by atoms with van der Waals surface area (Å²) in [5.74, 6) is 0.730. The minimum Gasteiger partial charge on any atom is -0.496 e. The number of nitro groups is 1. The van der Waals surface area contributed by atoms with Gasteiger partial charge >= 0.3 is 0 Å². The maximum atomic E-state index is 12.6. The molecule has 0 amide bonds. The third kappa shape index (κ3) is 2.85. The summed E-state index contributed by atoms with van der Waals surface area (Å²) in [5, 5.41) is 10.7. The van der Waals surface area contributed by atoms with E-state index in [1.165, 1.54) is 12.1 Å². The first-order valence-corrected chi connectivity index (χ1v) is 7.26. The summed E-state index contributed by atoms with van der Waals surface area (Å²) in [6, 6.07) is 11.7. The SMILES string of the molecule is COc1cccc2c1CC/C(=C\c1ccc([N+](=O)[O-])cc1)C2=O. The number of ether oxygens (including phenoxy) is 1. The molecule has 2 aromatic carbocycles. The first-order chi connectivity index (χ1) is 11.1. The van der Waals surface area contributed by atoms with Crippen LogP contribution in [0.15, 0.2) is 48.0 Å². The largest absolute Gasteiger partial charge is 0.496 e. The van der Waals surface area contributed by atoms with Gasteiger partial charge in [-0.3, -0.25) is 14.9 Å². The van der Waals surface area contributed by atoms with Gasteiger partial charge in [0.05, 0.1) is 12.0 Å². The summed E-state index contributed by atoms with van der Waals surface area (Å²) in [6.07, 6.45) is 3.17. The molecule has 0 saturated heterocycles. The molecule has 5 nitrogen and oxygen atoms in total. The van der Waals surface area contributed by atoms with Crippen LogP contribution in [0.2, 0.25) is 0 Å². The highest BCUT2D eigenvalue weighted by Gasteiger charge is 2.24. The van der Waals surface area contributed by atoms with Gasteiger partial charge in [-0.2, -0.15) is 0 Å². The molecule has 3 rings (SSSR count). The Morgan fingerprint density at radius 3 is 2.52 bits per heavy atom.